The van der Waals surface area contributed by atoms with Gasteiger partial charge < -0.3 is 0 Å². The van der Waals surface area contributed by atoms with Gasteiger partial charge in [0.05, 0.1) is 11.9 Å². The Morgan fingerprint density at radius 2 is 1.72 bits per heavy atom. The number of hydrogen-bond donors (Lipinski definition) is 1. The van der Waals surface area contributed by atoms with Crippen LogP contribution in [-0.4, -0.2) is 34.4 Å². The maximum Gasteiger partial charge on any atom is 0.516 e. The minimum Gasteiger partial charge on any atom is -0.268 e. The summed E-state index contributed by atoms with van der Waals surface area (Å²) in [7, 11) is -5.88. The highest BCUT2D eigenvalue weighted by atomic mass is 32.2. The van der Waals surface area contributed by atoms with E-state index in [1.165, 1.54) is 22.8 Å². The van der Waals surface area contributed by atoms with E-state index < -0.39 is 32.8 Å². The first kappa shape index (κ1) is 22.2. The molecule has 1 N–H and O–H groups in total. The van der Waals surface area contributed by atoms with E-state index in [-0.39, 0.29) is 11.6 Å². The summed E-state index contributed by atoms with van der Waals surface area (Å²) in [6.07, 6.45) is 7.10. The monoisotopic (exact) mass is 470 g/mol. The van der Waals surface area contributed by atoms with Crippen molar-refractivity contribution in [2.45, 2.75) is 43.5 Å². The van der Waals surface area contributed by atoms with Crippen molar-refractivity contribution in [2.24, 2.45) is 0 Å². The number of fused-ring (bicyclic) bond motifs is 1. The zero-order valence-electron chi connectivity index (χ0n) is 16.6. The van der Waals surface area contributed by atoms with E-state index in [1.54, 1.807) is 12.1 Å². The van der Waals surface area contributed by atoms with Crippen LogP contribution in [0.3, 0.4) is 0 Å². The molecule has 2 heterocycles. The number of amides is 1. The van der Waals surface area contributed by atoms with E-state index in [2.05, 4.69) is 10.1 Å². The first-order valence-corrected chi connectivity index (χ1v) is 11.3. The molecule has 0 radical (unpaired) electrons. The molecule has 1 saturated carbocycles. The summed E-state index contributed by atoms with van der Waals surface area (Å²) in [5.41, 5.74) is -4.09. The highest BCUT2D eigenvalue weighted by molar-refractivity contribution is 7.90. The zero-order valence-corrected chi connectivity index (χ0v) is 17.4. The fourth-order valence-electron chi connectivity index (χ4n) is 3.96. The van der Waals surface area contributed by atoms with Crippen molar-refractivity contribution < 1.29 is 30.8 Å². The third-order valence-electron chi connectivity index (χ3n) is 5.49. The molecule has 0 atom stereocenters. The number of carbonyl (C=O) groups excluding carboxylic acids is 1. The van der Waals surface area contributed by atoms with Gasteiger partial charge in [-0.15, -0.1) is 0 Å². The Hall–Kier alpha value is -3.02. The predicted molar refractivity (Wildman–Crippen MR) is 107 cm³/mol. The molecule has 170 valence electrons. The van der Waals surface area contributed by atoms with E-state index in [1.807, 2.05) is 0 Å². The smallest absolute Gasteiger partial charge is 0.268 e. The second kappa shape index (κ2) is 8.15. The van der Waals surface area contributed by atoms with Crippen LogP contribution in [0.2, 0.25) is 0 Å². The van der Waals surface area contributed by atoms with Crippen LogP contribution in [0.25, 0.3) is 16.8 Å². The summed E-state index contributed by atoms with van der Waals surface area (Å²) in [6, 6.07) is 5.76. The lowest BCUT2D eigenvalue weighted by Crippen LogP contribution is -2.40. The lowest BCUT2D eigenvalue weighted by Gasteiger charge is -2.25. The largest absolute Gasteiger partial charge is 0.516 e. The lowest BCUT2D eigenvalue weighted by atomic mass is 9.84. The van der Waals surface area contributed by atoms with E-state index in [4.69, 9.17) is 0 Å². The molecule has 12 heteroatoms. The minimum atomic E-state index is -5.88. The molecule has 1 aromatic carbocycles. The van der Waals surface area contributed by atoms with Gasteiger partial charge in [-0.2, -0.15) is 26.7 Å². The molecule has 1 aliphatic rings. The van der Waals surface area contributed by atoms with Gasteiger partial charge in [0.15, 0.2) is 5.65 Å². The van der Waals surface area contributed by atoms with E-state index in [0.717, 1.165) is 43.0 Å². The zero-order chi connectivity index (χ0) is 23.1. The van der Waals surface area contributed by atoms with Crippen LogP contribution >= 0.6 is 0 Å². The number of halogens is 4. The molecule has 0 saturated heterocycles. The van der Waals surface area contributed by atoms with Crippen molar-refractivity contribution in [3.05, 3.63) is 53.7 Å². The van der Waals surface area contributed by atoms with Gasteiger partial charge in [-0.1, -0.05) is 31.4 Å². The summed E-state index contributed by atoms with van der Waals surface area (Å²) in [5, 5.41) is 4.15. The fourth-order valence-corrected chi connectivity index (χ4v) is 4.43. The topological polar surface area (TPSA) is 93.4 Å². The van der Waals surface area contributed by atoms with Gasteiger partial charge in [-0.3, -0.25) is 4.79 Å². The Kier molecular flexibility index (Phi) is 5.65. The molecule has 3 aromatic rings. The maximum absolute atomic E-state index is 13.4. The van der Waals surface area contributed by atoms with Gasteiger partial charge in [-0.05, 0) is 30.5 Å². The highest BCUT2D eigenvalue weighted by Crippen LogP contribution is 2.38. The summed E-state index contributed by atoms with van der Waals surface area (Å²) in [5.74, 6) is -1.86. The number of hydrogen-bond acceptors (Lipinski definition) is 5. The van der Waals surface area contributed by atoms with Crippen LogP contribution in [0, 0.1) is 5.82 Å². The first-order chi connectivity index (χ1) is 15.1. The molecule has 1 fully saturated rings. The van der Waals surface area contributed by atoms with E-state index in [9.17, 15) is 30.8 Å². The first-order valence-electron chi connectivity index (χ1n) is 9.84. The second-order valence-electron chi connectivity index (χ2n) is 7.57. The van der Waals surface area contributed by atoms with Crippen molar-refractivity contribution in [3.63, 3.8) is 0 Å². The molecule has 7 nitrogen and oxygen atoms in total. The highest BCUT2D eigenvalue weighted by Gasteiger charge is 2.47. The average molecular weight is 470 g/mol. The lowest BCUT2D eigenvalue weighted by molar-refractivity contribution is -0.0446. The van der Waals surface area contributed by atoms with Gasteiger partial charge >= 0.3 is 15.5 Å². The molecular formula is C20H18F4N4O3S. The Morgan fingerprint density at radius 3 is 2.34 bits per heavy atom. The number of nitrogens with zero attached hydrogens (tertiary/aromatic N) is 3. The molecule has 4 rings (SSSR count). The van der Waals surface area contributed by atoms with Crippen LogP contribution in [0.4, 0.5) is 17.6 Å². The summed E-state index contributed by atoms with van der Waals surface area (Å²) in [6.45, 7) is 0. The maximum atomic E-state index is 13.4. The quantitative estimate of drug-likeness (QED) is 0.578. The number of alkyl halides is 3. The SMILES string of the molecule is O=C(NS(=O)(=O)C(F)(F)F)c1cnn2c(C3CCCCC3)c(-c3ccc(F)cc3)cnc12. The van der Waals surface area contributed by atoms with Crippen molar-refractivity contribution in [2.75, 3.05) is 0 Å². The number of carbonyl (C=O) groups is 1. The minimum absolute atomic E-state index is 0.0315. The number of nitrogens with one attached hydrogen (secondary N) is 1. The molecule has 0 spiro atoms. The number of aromatic nitrogens is 3. The third-order valence-corrected chi connectivity index (χ3v) is 6.55. The standard InChI is InChI=1S/C20H18F4N4O3S/c21-14-8-6-12(7-9-14)15-10-25-18-16(19(29)27-32(30,31)20(22,23)24)11-26-28(18)17(15)13-4-2-1-3-5-13/h6-11,13H,1-5H2,(H,27,29). The van der Waals surface area contributed by atoms with Crippen LogP contribution in [0.15, 0.2) is 36.7 Å². The molecule has 1 aliphatic carbocycles. The van der Waals surface area contributed by atoms with Crippen LogP contribution in [0.1, 0.15) is 54.1 Å². The normalized spacial score (nSPS) is 15.8. The number of rotatable bonds is 4. The van der Waals surface area contributed by atoms with E-state index in [0.29, 0.717) is 16.8 Å². The van der Waals surface area contributed by atoms with Crippen LogP contribution in [0.5, 0.6) is 0 Å². The molecular weight excluding hydrogens is 452 g/mol. The van der Waals surface area contributed by atoms with Crippen molar-refractivity contribution in [3.8, 4) is 11.1 Å². The summed E-state index contributed by atoms with van der Waals surface area (Å²) >= 11 is 0. The molecule has 0 aliphatic heterocycles. The van der Waals surface area contributed by atoms with Gasteiger partial charge in [0, 0.05) is 17.7 Å². The molecule has 32 heavy (non-hydrogen) atoms. The Morgan fingerprint density at radius 1 is 1.06 bits per heavy atom. The van der Waals surface area contributed by atoms with Gasteiger partial charge in [-0.25, -0.2) is 18.6 Å². The van der Waals surface area contributed by atoms with Gasteiger partial charge in [0.25, 0.3) is 5.91 Å². The van der Waals surface area contributed by atoms with Crippen molar-refractivity contribution in [1.29, 1.82) is 0 Å². The van der Waals surface area contributed by atoms with Crippen molar-refractivity contribution >= 4 is 21.6 Å². The number of benzene rings is 1. The van der Waals surface area contributed by atoms with Crippen LogP contribution in [-0.2, 0) is 10.0 Å². The van der Waals surface area contributed by atoms with Gasteiger partial charge in [0.2, 0.25) is 0 Å². The Bertz CT molecular complexity index is 1260. The molecule has 0 bridgehead atoms. The molecule has 1 amide bonds. The second-order valence-corrected chi connectivity index (χ2v) is 9.25. The summed E-state index contributed by atoms with van der Waals surface area (Å²) < 4.78 is 76.5. The summed E-state index contributed by atoms with van der Waals surface area (Å²) in [4.78, 5) is 16.5. The van der Waals surface area contributed by atoms with E-state index >= 15 is 0 Å². The average Bonchev–Trinajstić information content (AvgIpc) is 3.17. The van der Waals surface area contributed by atoms with Gasteiger partial charge in [0.1, 0.15) is 11.4 Å². The van der Waals surface area contributed by atoms with Crippen molar-refractivity contribution in [1.82, 2.24) is 19.3 Å². The van der Waals surface area contributed by atoms with Crippen LogP contribution < -0.4 is 4.72 Å². The third kappa shape index (κ3) is 4.06. The Labute approximate surface area is 180 Å². The predicted octanol–water partition coefficient (Wildman–Crippen LogP) is 4.16. The fraction of sp³-hybridized carbons (Fsp3) is 0.350. The Balaban J connectivity index is 1.83. The number of sulfonamides is 1. The molecule has 2 aromatic heterocycles. The molecule has 0 unspecified atom stereocenters.